The van der Waals surface area contributed by atoms with Crippen molar-refractivity contribution in [3.05, 3.63) is 483 Å². The fraction of sp³-hybridized carbons (Fsp3) is 0.0968. The Kier molecular flexibility index (Phi) is 28.7. The Morgan fingerprint density at radius 3 is 0.936 bits per heavy atom. The van der Waals surface area contributed by atoms with E-state index < -0.39 is 28.6 Å². The van der Waals surface area contributed by atoms with Gasteiger partial charge < -0.3 is 18.3 Å². The Balaban J connectivity index is 0.000000128. The molecular weight excluding hydrogens is 2500 g/mol. The SMILES string of the molecule is CC1(C)c2cc(P(=O)(c3ccccc3)c3ccccc3)c[c-]c2-c2nc3ccccc3cc2C1(C)C.CC1(C)c2cc3ccccc3nc2-c2[c-]ccc(P(=O)(c3ccccc3)c3ccccc3)c2C1(C)C.O=P(c1ccccc1)(c1ccccc1)c1c[c-]c2c(ccc3cc4ccccc4nc32)c1.O=P(c1ccccc1)(c1ccccc1)c1cc[c-]c2c1ccc1cc3ccccc3nc12.[Ir].[Ir].[Ir].[Ir]. The molecule has 22 aromatic rings. The third kappa shape index (κ3) is 17.3. The average molecular weight is 2600 g/mol. The summed E-state index contributed by atoms with van der Waals surface area (Å²) in [6, 6.07) is 158. The molecular formula is C124H96Ir4N4O4P4-4. The number of aromatic nitrogens is 4. The van der Waals surface area contributed by atoms with Crippen LogP contribution < -0.4 is 63.7 Å². The van der Waals surface area contributed by atoms with Crippen molar-refractivity contribution < 1.29 is 98.7 Å². The van der Waals surface area contributed by atoms with Gasteiger partial charge in [0.15, 0.2) is 14.3 Å². The van der Waals surface area contributed by atoms with E-state index in [1.807, 2.05) is 334 Å². The van der Waals surface area contributed by atoms with Crippen LogP contribution in [0, 0.1) is 24.3 Å². The van der Waals surface area contributed by atoms with Crippen LogP contribution in [0.15, 0.2) is 437 Å². The molecule has 0 atom stereocenters. The first-order valence-corrected chi connectivity index (χ1v) is 52.9. The van der Waals surface area contributed by atoms with E-state index >= 15 is 9.13 Å². The second-order valence-corrected chi connectivity index (χ2v) is 48.3. The van der Waals surface area contributed by atoms with E-state index in [4.69, 9.17) is 19.9 Å². The van der Waals surface area contributed by atoms with Gasteiger partial charge in [0.05, 0.1) is 22.1 Å². The molecule has 0 N–H and O–H groups in total. The molecule has 4 aromatic heterocycles. The minimum absolute atomic E-state index is 0. The number of pyridine rings is 4. The van der Waals surface area contributed by atoms with E-state index in [1.165, 1.54) is 11.1 Å². The number of para-hydroxylation sites is 4. The topological polar surface area (TPSA) is 120 Å². The van der Waals surface area contributed by atoms with Crippen molar-refractivity contribution in [3.63, 3.8) is 0 Å². The van der Waals surface area contributed by atoms with Crippen LogP contribution in [0.3, 0.4) is 0 Å². The fourth-order valence-electron chi connectivity index (χ4n) is 20.1. The summed E-state index contributed by atoms with van der Waals surface area (Å²) in [5.74, 6) is 0. The van der Waals surface area contributed by atoms with E-state index in [-0.39, 0.29) is 102 Å². The third-order valence-corrected chi connectivity index (χ3v) is 41.1. The second-order valence-electron chi connectivity index (χ2n) is 37.3. The van der Waals surface area contributed by atoms with E-state index in [2.05, 4.69) is 183 Å². The number of rotatable bonds is 12. The Morgan fingerprint density at radius 2 is 0.521 bits per heavy atom. The summed E-state index contributed by atoms with van der Waals surface area (Å²) in [4.78, 5) is 20.2. The quantitative estimate of drug-likeness (QED) is 0.0513. The second kappa shape index (κ2) is 40.3. The molecule has 8 nitrogen and oxygen atoms in total. The zero-order chi connectivity index (χ0) is 93.4. The summed E-state index contributed by atoms with van der Waals surface area (Å²) in [5.41, 5.74) is 13.2. The van der Waals surface area contributed by atoms with Crippen molar-refractivity contribution in [1.82, 2.24) is 19.9 Å². The number of fused-ring (bicyclic) bond motifs is 16. The van der Waals surface area contributed by atoms with Crippen molar-refractivity contribution in [2.24, 2.45) is 0 Å². The standard InChI is InChI=1S/2C33H29NOP.2C29H19NOP.4Ir/c1-32(2)27-22-23-14-11-12-20-28(23)34-31(27)26-19-13-21-29(30(26)33(32,3)4)36(35,24-15-7-5-8-16-24)25-17-9-6-10-18-25;1-32(2)28-22-26(36(35,24-14-7-5-8-15-24)25-16-9-6-10-17-25)19-20-27(28)31-29(33(32,3)4)21-23-13-11-12-18-30(23)34-31;31-32(23-11-3-1-4-12-23,24-13-5-2-6-14-24)28-17-9-15-26-25(28)19-18-22-20-21-10-7-8-16-27(21)30-29(22)26;31-32(24-10-3-1-4-11-24,25-12-5-2-6-13-25)26-17-18-27-21(20-26)15-16-23-19-22-9-7-8-14-28(22)30-29(23)27;;;;/h5-18,20-22H,1-4H3;5-19,21-22H,1-4H3;1-14,16-20H;1-17,19-20H;;;;/q4*-1;;;;. The van der Waals surface area contributed by atoms with Crippen LogP contribution in [0.4, 0.5) is 0 Å². The molecule has 2 aliphatic rings. The summed E-state index contributed by atoms with van der Waals surface area (Å²) >= 11 is 0. The number of nitrogens with zero attached hydrogens (tertiary/aromatic N) is 4. The van der Waals surface area contributed by atoms with Gasteiger partial charge in [-0.1, -0.05) is 457 Å². The van der Waals surface area contributed by atoms with E-state index in [0.29, 0.717) is 0 Å². The van der Waals surface area contributed by atoms with Crippen molar-refractivity contribution in [2.75, 3.05) is 0 Å². The molecule has 4 heterocycles. The van der Waals surface area contributed by atoms with Crippen LogP contribution in [-0.4, -0.2) is 19.9 Å². The maximum atomic E-state index is 15.5. The van der Waals surface area contributed by atoms with Gasteiger partial charge in [0, 0.05) is 123 Å². The Hall–Kier alpha value is -11.8. The summed E-state index contributed by atoms with van der Waals surface area (Å²) < 4.78 is 60.2. The van der Waals surface area contributed by atoms with E-state index in [9.17, 15) is 9.13 Å². The minimum atomic E-state index is -3.18. The molecule has 4 radical (unpaired) electrons. The molecule has 24 rings (SSSR count). The molecule has 0 amide bonds. The molecule has 0 saturated heterocycles. The van der Waals surface area contributed by atoms with Crippen LogP contribution in [0.2, 0.25) is 0 Å². The smallest absolute Gasteiger partial charge is 0.154 e. The molecule has 0 aliphatic heterocycles. The molecule has 0 spiro atoms. The number of hydrogen-bond acceptors (Lipinski definition) is 8. The molecule has 140 heavy (non-hydrogen) atoms. The normalized spacial score (nSPS) is 13.5. The van der Waals surface area contributed by atoms with Gasteiger partial charge in [-0.15, -0.1) is 111 Å². The van der Waals surface area contributed by atoms with Crippen LogP contribution >= 0.6 is 28.6 Å². The van der Waals surface area contributed by atoms with Crippen LogP contribution in [0.5, 0.6) is 0 Å². The molecule has 696 valence electrons. The van der Waals surface area contributed by atoms with Crippen molar-refractivity contribution in [3.8, 4) is 22.5 Å². The molecule has 0 bridgehead atoms. The van der Waals surface area contributed by atoms with Crippen molar-refractivity contribution in [2.45, 2.75) is 77.0 Å². The van der Waals surface area contributed by atoms with Gasteiger partial charge in [0.2, 0.25) is 0 Å². The Bertz CT molecular complexity index is 8460. The Morgan fingerprint density at radius 1 is 0.221 bits per heavy atom. The first kappa shape index (κ1) is 99.7. The number of benzene rings is 18. The molecule has 18 aromatic carbocycles. The number of hydrogen-bond donors (Lipinski definition) is 0. The minimum Gasteiger partial charge on any atom is -0.319 e. The average Bonchev–Trinajstić information content (AvgIpc) is 0.692. The maximum Gasteiger partial charge on any atom is 0.154 e. The van der Waals surface area contributed by atoms with Gasteiger partial charge in [-0.25, -0.2) is 0 Å². The fourth-order valence-corrected chi connectivity index (χ4v) is 31.3. The van der Waals surface area contributed by atoms with E-state index in [0.717, 1.165) is 184 Å². The molecule has 2 aliphatic carbocycles. The van der Waals surface area contributed by atoms with Gasteiger partial charge in [0.1, 0.15) is 14.3 Å². The predicted molar refractivity (Wildman–Crippen MR) is 573 cm³/mol. The van der Waals surface area contributed by atoms with Crippen LogP contribution in [0.25, 0.3) is 109 Å². The molecule has 0 saturated carbocycles. The van der Waals surface area contributed by atoms with Gasteiger partial charge in [-0.05, 0) is 101 Å². The first-order chi connectivity index (χ1) is 66.0. The largest absolute Gasteiger partial charge is 0.319 e. The van der Waals surface area contributed by atoms with Crippen LogP contribution in [0.1, 0.15) is 77.6 Å². The zero-order valence-electron chi connectivity index (χ0n) is 78.1. The molecule has 0 unspecified atom stereocenters. The first-order valence-electron chi connectivity index (χ1n) is 46.1. The van der Waals surface area contributed by atoms with Gasteiger partial charge in [0.25, 0.3) is 0 Å². The van der Waals surface area contributed by atoms with Gasteiger partial charge in [-0.2, -0.15) is 0 Å². The summed E-state index contributed by atoms with van der Waals surface area (Å²) in [6.45, 7) is 18.3. The summed E-state index contributed by atoms with van der Waals surface area (Å²) in [7, 11) is -12.4. The summed E-state index contributed by atoms with van der Waals surface area (Å²) in [6.07, 6.45) is 0. The van der Waals surface area contributed by atoms with Gasteiger partial charge in [-0.3, -0.25) is 19.9 Å². The van der Waals surface area contributed by atoms with Crippen molar-refractivity contribution in [1.29, 1.82) is 0 Å². The predicted octanol–water partition coefficient (Wildman–Crippen LogP) is 25.8. The molecule has 0 fully saturated rings. The third-order valence-electron chi connectivity index (χ3n) is 28.8. The summed E-state index contributed by atoms with van der Waals surface area (Å²) in [5, 5.41) is 20.4. The maximum absolute atomic E-state index is 15.5. The Labute approximate surface area is 872 Å². The molecule has 16 heteroatoms. The van der Waals surface area contributed by atoms with Crippen molar-refractivity contribution >= 4 is 179 Å². The van der Waals surface area contributed by atoms with E-state index in [1.54, 1.807) is 0 Å². The monoisotopic (exact) mass is 2600 g/mol. The van der Waals surface area contributed by atoms with Crippen LogP contribution in [-0.2, 0) is 120 Å². The van der Waals surface area contributed by atoms with Gasteiger partial charge >= 0.3 is 0 Å². The zero-order valence-corrected chi connectivity index (χ0v) is 91.3.